The van der Waals surface area contributed by atoms with Gasteiger partial charge in [-0.2, -0.15) is 4.98 Å². The van der Waals surface area contributed by atoms with E-state index in [1.165, 1.54) is 22.1 Å². The van der Waals surface area contributed by atoms with E-state index in [1.54, 1.807) is 17.2 Å². The summed E-state index contributed by atoms with van der Waals surface area (Å²) in [6, 6.07) is 9.03. The third-order valence-corrected chi connectivity index (χ3v) is 7.08. The monoisotopic (exact) mass is 451 g/mol. The van der Waals surface area contributed by atoms with Gasteiger partial charge in [-0.25, -0.2) is 9.59 Å². The number of amides is 2. The van der Waals surface area contributed by atoms with Gasteiger partial charge < -0.3 is 21.3 Å². The number of nitrogens with zero attached hydrogens (tertiary/aromatic N) is 3. The van der Waals surface area contributed by atoms with Crippen LogP contribution < -0.4 is 27.4 Å². The van der Waals surface area contributed by atoms with Crippen molar-refractivity contribution < 1.29 is 4.79 Å². The largest absolute Gasteiger partial charge is 0.354 e. The Morgan fingerprint density at radius 2 is 1.94 bits per heavy atom. The Labute approximate surface area is 193 Å². The van der Waals surface area contributed by atoms with Gasteiger partial charge in [0, 0.05) is 50.5 Å². The minimum atomic E-state index is -0.402. The lowest BCUT2D eigenvalue weighted by atomic mass is 9.87. The summed E-state index contributed by atoms with van der Waals surface area (Å²) in [6.45, 7) is 2.82. The van der Waals surface area contributed by atoms with Crippen molar-refractivity contribution >= 4 is 11.8 Å². The predicted octanol–water partition coefficient (Wildman–Crippen LogP) is 0.996. The van der Waals surface area contributed by atoms with Gasteiger partial charge in [-0.05, 0) is 67.9 Å². The molecule has 1 unspecified atom stereocenters. The number of benzene rings is 1. The Morgan fingerprint density at radius 1 is 1.09 bits per heavy atom. The molecule has 3 atom stereocenters. The highest BCUT2D eigenvalue weighted by Gasteiger charge is 2.26. The predicted molar refractivity (Wildman–Crippen MR) is 128 cm³/mol. The second-order valence-electron chi connectivity index (χ2n) is 9.46. The lowest BCUT2D eigenvalue weighted by Crippen LogP contribution is -2.48. The molecule has 1 aliphatic heterocycles. The van der Waals surface area contributed by atoms with E-state index in [0.717, 1.165) is 50.9 Å². The number of rotatable bonds is 4. The van der Waals surface area contributed by atoms with Gasteiger partial charge >= 0.3 is 11.7 Å². The number of carbonyl (C=O) groups excluding carboxylic acids is 1. The van der Waals surface area contributed by atoms with Crippen LogP contribution in [-0.2, 0) is 12.8 Å². The number of piperazine rings is 1. The summed E-state index contributed by atoms with van der Waals surface area (Å²) in [6.07, 6.45) is 8.12. The summed E-state index contributed by atoms with van der Waals surface area (Å²) < 4.78 is 1.53. The lowest BCUT2D eigenvalue weighted by Gasteiger charge is -2.29. The van der Waals surface area contributed by atoms with E-state index in [9.17, 15) is 9.59 Å². The van der Waals surface area contributed by atoms with Gasteiger partial charge in [0.1, 0.15) is 5.82 Å². The van der Waals surface area contributed by atoms with Crippen LogP contribution in [-0.4, -0.2) is 64.8 Å². The third kappa shape index (κ3) is 5.10. The number of nitrogens with one attached hydrogen (secondary N) is 3. The third-order valence-electron chi connectivity index (χ3n) is 7.08. The number of carbonyl (C=O) groups is 1. The second kappa shape index (κ2) is 9.62. The zero-order chi connectivity index (χ0) is 22.8. The fourth-order valence-corrected chi connectivity index (χ4v) is 5.26. The van der Waals surface area contributed by atoms with Crippen molar-refractivity contribution in [3.05, 3.63) is 52.1 Å². The van der Waals surface area contributed by atoms with Crippen molar-refractivity contribution in [3.63, 3.8) is 0 Å². The normalized spacial score (nSPS) is 25.0. The van der Waals surface area contributed by atoms with E-state index < -0.39 is 5.69 Å². The molecule has 1 saturated carbocycles. The van der Waals surface area contributed by atoms with E-state index in [0.29, 0.717) is 31.2 Å². The summed E-state index contributed by atoms with van der Waals surface area (Å²) >= 11 is 0. The van der Waals surface area contributed by atoms with Crippen LogP contribution in [0.3, 0.4) is 0 Å². The number of fused-ring (bicyclic) bond motifs is 1. The van der Waals surface area contributed by atoms with Crippen molar-refractivity contribution in [1.29, 1.82) is 0 Å². The molecule has 3 aliphatic rings. The van der Waals surface area contributed by atoms with Crippen molar-refractivity contribution in [1.82, 2.24) is 25.1 Å². The fraction of sp³-hybridized carbons (Fsp3) is 0.542. The van der Waals surface area contributed by atoms with Gasteiger partial charge in [-0.3, -0.25) is 9.88 Å². The lowest BCUT2D eigenvalue weighted by molar-refractivity contribution is 0.204. The minimum Gasteiger partial charge on any atom is -0.328 e. The average Bonchev–Trinajstić information content (AvgIpc) is 3.24. The van der Waals surface area contributed by atoms with Crippen LogP contribution in [0.25, 0.3) is 5.69 Å². The van der Waals surface area contributed by atoms with Crippen LogP contribution in [0.5, 0.6) is 0 Å². The van der Waals surface area contributed by atoms with E-state index in [-0.39, 0.29) is 11.8 Å². The van der Waals surface area contributed by atoms with Crippen LogP contribution in [0.4, 0.5) is 10.6 Å². The van der Waals surface area contributed by atoms with Crippen LogP contribution >= 0.6 is 0 Å². The van der Waals surface area contributed by atoms with E-state index >= 15 is 0 Å². The first-order valence-corrected chi connectivity index (χ1v) is 12.1. The Kier molecular flexibility index (Phi) is 6.43. The number of urea groups is 1. The molecule has 5 N–H and O–H groups in total. The summed E-state index contributed by atoms with van der Waals surface area (Å²) in [5.74, 6) is 0.276. The highest BCUT2D eigenvalue weighted by Crippen LogP contribution is 2.26. The Hall–Kier alpha value is -2.75. The van der Waals surface area contributed by atoms with Crippen LogP contribution in [0.2, 0.25) is 0 Å². The van der Waals surface area contributed by atoms with Gasteiger partial charge in [-0.15, -0.1) is 0 Å². The number of anilines is 1. The van der Waals surface area contributed by atoms with Crippen molar-refractivity contribution in [3.8, 4) is 5.69 Å². The topological polar surface area (TPSA) is 117 Å². The molecule has 2 fully saturated rings. The molecule has 0 spiro atoms. The molecule has 2 aliphatic carbocycles. The molecular formula is C24H33N7O2. The molecule has 2 aromatic rings. The maximum atomic E-state index is 12.7. The first kappa shape index (κ1) is 22.1. The molecule has 0 radical (unpaired) electrons. The van der Waals surface area contributed by atoms with Gasteiger partial charge in [-0.1, -0.05) is 6.07 Å². The first-order valence-electron chi connectivity index (χ1n) is 12.1. The molecular weight excluding hydrogens is 418 g/mol. The molecule has 1 aromatic heterocycles. The van der Waals surface area contributed by atoms with Gasteiger partial charge in [0.2, 0.25) is 0 Å². The maximum Gasteiger partial charge on any atom is 0.354 e. The minimum absolute atomic E-state index is 0.224. The summed E-state index contributed by atoms with van der Waals surface area (Å²) in [4.78, 5) is 30.9. The molecule has 1 saturated heterocycles. The molecule has 5 rings (SSSR count). The van der Waals surface area contributed by atoms with E-state index in [4.69, 9.17) is 5.73 Å². The van der Waals surface area contributed by atoms with Crippen LogP contribution in [0.1, 0.15) is 36.8 Å². The zero-order valence-corrected chi connectivity index (χ0v) is 18.9. The number of aromatic nitrogens is 2. The molecule has 2 amide bonds. The molecule has 0 bridgehead atoms. The maximum absolute atomic E-state index is 12.7. The molecule has 176 valence electrons. The first-order chi connectivity index (χ1) is 16.0. The molecule has 33 heavy (non-hydrogen) atoms. The average molecular weight is 452 g/mol. The fourth-order valence-electron chi connectivity index (χ4n) is 5.26. The van der Waals surface area contributed by atoms with Gasteiger partial charge in [0.25, 0.3) is 0 Å². The standard InChI is InChI=1S/C24H33N7O2/c25-18-3-5-20(15-18)27-19-4-1-17-14-21(6-2-16(17)13-19)31-10-7-22(29-24(31)33)28-23(32)30-11-8-26-9-12-30/h2,6-7,10,14,18-20,26-27H,1,3-5,8-9,11-13,15,25H2,(H,28,29,32,33)/t18-,19?,20-/m0/s1. The molecule has 9 nitrogen and oxygen atoms in total. The number of aryl methyl sites for hydroxylation is 1. The van der Waals surface area contributed by atoms with Crippen molar-refractivity contribution in [2.45, 2.75) is 56.7 Å². The molecule has 9 heteroatoms. The van der Waals surface area contributed by atoms with Gasteiger partial charge in [0.15, 0.2) is 0 Å². The molecule has 1 aromatic carbocycles. The number of nitrogens with two attached hydrogens (primary N) is 1. The van der Waals surface area contributed by atoms with Crippen LogP contribution in [0, 0.1) is 0 Å². The summed E-state index contributed by atoms with van der Waals surface area (Å²) in [5, 5.41) is 9.75. The highest BCUT2D eigenvalue weighted by molar-refractivity contribution is 5.88. The summed E-state index contributed by atoms with van der Waals surface area (Å²) in [5.41, 5.74) is 9.09. The Balaban J connectivity index is 1.24. The Morgan fingerprint density at radius 3 is 2.70 bits per heavy atom. The number of hydrogen-bond acceptors (Lipinski definition) is 6. The second-order valence-corrected chi connectivity index (χ2v) is 9.46. The van der Waals surface area contributed by atoms with Crippen molar-refractivity contribution in [2.75, 3.05) is 31.5 Å². The molecule has 2 heterocycles. The van der Waals surface area contributed by atoms with E-state index in [2.05, 4.69) is 33.1 Å². The van der Waals surface area contributed by atoms with Gasteiger partial charge in [0.05, 0.1) is 5.69 Å². The quantitative estimate of drug-likeness (QED) is 0.551. The summed E-state index contributed by atoms with van der Waals surface area (Å²) in [7, 11) is 0. The Bertz CT molecular complexity index is 1060. The SMILES string of the molecule is N[C@H]1CC[C@H](NC2CCc3cc(-n4ccc(NC(=O)N5CCNCC5)nc4=O)ccc3C2)C1. The number of hydrogen-bond donors (Lipinski definition) is 4. The van der Waals surface area contributed by atoms with E-state index in [1.807, 2.05) is 6.07 Å². The zero-order valence-electron chi connectivity index (χ0n) is 18.9. The highest BCUT2D eigenvalue weighted by atomic mass is 16.2. The van der Waals surface area contributed by atoms with Crippen molar-refractivity contribution in [2.24, 2.45) is 5.73 Å². The smallest absolute Gasteiger partial charge is 0.328 e. The van der Waals surface area contributed by atoms with Crippen LogP contribution in [0.15, 0.2) is 35.3 Å².